The molecule has 0 saturated carbocycles. The number of hydrogen-bond acceptors (Lipinski definition) is 6. The van der Waals surface area contributed by atoms with Crippen molar-refractivity contribution in [2.45, 2.75) is 16.5 Å². The van der Waals surface area contributed by atoms with Crippen molar-refractivity contribution in [3.63, 3.8) is 0 Å². The summed E-state index contributed by atoms with van der Waals surface area (Å²) in [7, 11) is -1.62. The van der Waals surface area contributed by atoms with Crippen LogP contribution in [0, 0.1) is 5.82 Å². The Balaban J connectivity index is 1.63. The summed E-state index contributed by atoms with van der Waals surface area (Å²) in [5.41, 5.74) is 1.03. The molecule has 1 aromatic heterocycles. The summed E-state index contributed by atoms with van der Waals surface area (Å²) in [6.07, 6.45) is 5.06. The summed E-state index contributed by atoms with van der Waals surface area (Å²) in [5.74, 6) is -0.117. The molecule has 0 aliphatic heterocycles. The maximum absolute atomic E-state index is 13.3. The molecular weight excluding hydrogens is 453 g/mol. The molecule has 0 unspecified atom stereocenters. The predicted octanol–water partition coefficient (Wildman–Crippen LogP) is 3.68. The average Bonchev–Trinajstić information content (AvgIpc) is 3.20. The van der Waals surface area contributed by atoms with E-state index in [4.69, 9.17) is 4.74 Å². The molecule has 10 heteroatoms. The smallest absolute Gasteiger partial charge is 0.272 e. The summed E-state index contributed by atoms with van der Waals surface area (Å²) in [4.78, 5) is 19.1. The van der Waals surface area contributed by atoms with Crippen LogP contribution in [0.5, 0.6) is 5.75 Å². The first-order valence-electron chi connectivity index (χ1n) is 9.77. The van der Waals surface area contributed by atoms with Gasteiger partial charge >= 0.3 is 0 Å². The molecule has 0 radical (unpaired) electrons. The van der Waals surface area contributed by atoms with Gasteiger partial charge in [0.25, 0.3) is 5.91 Å². The number of sulfone groups is 1. The monoisotopic (exact) mass is 477 g/mol. The van der Waals surface area contributed by atoms with Crippen LogP contribution in [0.4, 0.5) is 4.39 Å². The van der Waals surface area contributed by atoms with Crippen LogP contribution in [0.2, 0.25) is 0 Å². The third-order valence-electron chi connectivity index (χ3n) is 4.70. The van der Waals surface area contributed by atoms with E-state index in [0.717, 1.165) is 6.26 Å². The van der Waals surface area contributed by atoms with E-state index in [1.54, 1.807) is 40.8 Å². The van der Waals surface area contributed by atoms with Gasteiger partial charge in [0.15, 0.2) is 15.0 Å². The molecule has 2 aromatic carbocycles. The first-order valence-corrected chi connectivity index (χ1v) is 12.9. The van der Waals surface area contributed by atoms with Crippen LogP contribution in [-0.4, -0.2) is 61.5 Å². The van der Waals surface area contributed by atoms with E-state index in [1.165, 1.54) is 42.2 Å². The second kappa shape index (κ2) is 10.2. The van der Waals surface area contributed by atoms with Crippen LogP contribution in [0.3, 0.4) is 0 Å². The van der Waals surface area contributed by atoms with Crippen molar-refractivity contribution in [1.82, 2.24) is 14.5 Å². The van der Waals surface area contributed by atoms with Gasteiger partial charge in [-0.05, 0) is 55.1 Å². The van der Waals surface area contributed by atoms with Crippen molar-refractivity contribution >= 4 is 27.5 Å². The molecule has 0 atom stereocenters. The van der Waals surface area contributed by atoms with Crippen molar-refractivity contribution in [3.05, 3.63) is 66.2 Å². The van der Waals surface area contributed by atoms with Gasteiger partial charge in [0.2, 0.25) is 0 Å². The molecule has 0 fully saturated rings. The second-order valence-corrected chi connectivity index (χ2v) is 9.91. The molecule has 0 saturated heterocycles. The molecule has 3 aromatic rings. The molecule has 0 aliphatic rings. The Morgan fingerprint density at radius 2 is 1.94 bits per heavy atom. The van der Waals surface area contributed by atoms with Crippen LogP contribution < -0.4 is 4.74 Å². The zero-order valence-corrected chi connectivity index (χ0v) is 19.6. The molecule has 0 bridgehead atoms. The van der Waals surface area contributed by atoms with Gasteiger partial charge in [-0.1, -0.05) is 17.8 Å². The average molecular weight is 478 g/mol. The van der Waals surface area contributed by atoms with Gasteiger partial charge in [-0.15, -0.1) is 0 Å². The summed E-state index contributed by atoms with van der Waals surface area (Å²) < 4.78 is 44.0. The third-order valence-corrected chi connectivity index (χ3v) is 6.47. The van der Waals surface area contributed by atoms with E-state index < -0.39 is 9.84 Å². The van der Waals surface area contributed by atoms with Crippen molar-refractivity contribution < 1.29 is 22.3 Å². The zero-order valence-electron chi connectivity index (χ0n) is 18.0. The lowest BCUT2D eigenvalue weighted by atomic mass is 10.3. The van der Waals surface area contributed by atoms with Crippen molar-refractivity contribution in [3.8, 4) is 11.4 Å². The SMILES string of the molecule is CSc1ncc(C(=O)N(C)CCCOc2cccc(S(C)(=O)=O)c2)n1-c1ccc(F)cc1. The first kappa shape index (κ1) is 23.8. The third kappa shape index (κ3) is 5.68. The highest BCUT2D eigenvalue weighted by Crippen LogP contribution is 2.23. The first-order chi connectivity index (χ1) is 15.2. The Hall–Kier alpha value is -2.85. The number of halogens is 1. The zero-order chi connectivity index (χ0) is 23.3. The molecular formula is C22H24FN3O4S2. The second-order valence-electron chi connectivity index (χ2n) is 7.12. The van der Waals surface area contributed by atoms with Crippen LogP contribution in [0.1, 0.15) is 16.9 Å². The normalized spacial score (nSPS) is 11.4. The van der Waals surface area contributed by atoms with E-state index >= 15 is 0 Å². The number of imidazole rings is 1. The number of thioether (sulfide) groups is 1. The number of carbonyl (C=O) groups is 1. The number of amides is 1. The maximum atomic E-state index is 13.3. The van der Waals surface area contributed by atoms with Crippen LogP contribution >= 0.6 is 11.8 Å². The van der Waals surface area contributed by atoms with Crippen molar-refractivity contribution in [1.29, 1.82) is 0 Å². The molecule has 1 amide bonds. The van der Waals surface area contributed by atoms with E-state index in [9.17, 15) is 17.6 Å². The van der Waals surface area contributed by atoms with E-state index in [0.29, 0.717) is 41.9 Å². The number of aromatic nitrogens is 2. The van der Waals surface area contributed by atoms with Crippen LogP contribution in [0.15, 0.2) is 64.8 Å². The Morgan fingerprint density at radius 3 is 2.59 bits per heavy atom. The fourth-order valence-electron chi connectivity index (χ4n) is 3.05. The molecule has 0 N–H and O–H groups in total. The summed E-state index contributed by atoms with van der Waals surface area (Å²) in [6, 6.07) is 12.2. The highest BCUT2D eigenvalue weighted by molar-refractivity contribution is 7.98. The minimum atomic E-state index is -3.30. The number of ether oxygens (including phenoxy) is 1. The highest BCUT2D eigenvalue weighted by atomic mass is 32.2. The lowest BCUT2D eigenvalue weighted by Crippen LogP contribution is -2.30. The van der Waals surface area contributed by atoms with Gasteiger partial charge in [0, 0.05) is 25.5 Å². The molecule has 1 heterocycles. The topological polar surface area (TPSA) is 81.5 Å². The Bertz CT molecular complexity index is 1190. The Labute approximate surface area is 191 Å². The van der Waals surface area contributed by atoms with Crippen LogP contribution in [-0.2, 0) is 9.84 Å². The molecule has 7 nitrogen and oxygen atoms in total. The minimum absolute atomic E-state index is 0.195. The fourth-order valence-corrected chi connectivity index (χ4v) is 4.25. The van der Waals surface area contributed by atoms with Crippen LogP contribution in [0.25, 0.3) is 5.69 Å². The van der Waals surface area contributed by atoms with Gasteiger partial charge in [-0.3, -0.25) is 9.36 Å². The largest absolute Gasteiger partial charge is 0.493 e. The molecule has 3 rings (SSSR count). The lowest BCUT2D eigenvalue weighted by molar-refractivity contribution is 0.0779. The standard InChI is InChI=1S/C22H24FN3O4S2/c1-25(12-5-13-30-18-6-4-7-19(14-18)32(3,28)29)21(27)20-15-24-22(31-2)26(20)17-10-8-16(23)9-11-17/h4,6-11,14-15H,5,12-13H2,1-3H3. The molecule has 170 valence electrons. The van der Waals surface area contributed by atoms with Gasteiger partial charge in [0.05, 0.1) is 17.7 Å². The minimum Gasteiger partial charge on any atom is -0.493 e. The number of rotatable bonds is 9. The van der Waals surface area contributed by atoms with Crippen molar-refractivity contribution in [2.75, 3.05) is 32.7 Å². The number of nitrogens with zero attached hydrogens (tertiary/aromatic N) is 3. The predicted molar refractivity (Wildman–Crippen MR) is 122 cm³/mol. The van der Waals surface area contributed by atoms with Gasteiger partial charge in [-0.2, -0.15) is 0 Å². The van der Waals surface area contributed by atoms with E-state index in [-0.39, 0.29) is 16.6 Å². The van der Waals surface area contributed by atoms with E-state index in [1.807, 2.05) is 6.26 Å². The maximum Gasteiger partial charge on any atom is 0.272 e. The Morgan fingerprint density at radius 1 is 1.22 bits per heavy atom. The summed E-state index contributed by atoms with van der Waals surface area (Å²) >= 11 is 1.39. The molecule has 32 heavy (non-hydrogen) atoms. The summed E-state index contributed by atoms with van der Waals surface area (Å²) in [5, 5.41) is 0.627. The number of carbonyl (C=O) groups excluding carboxylic acids is 1. The highest BCUT2D eigenvalue weighted by Gasteiger charge is 2.20. The van der Waals surface area contributed by atoms with Gasteiger partial charge < -0.3 is 9.64 Å². The van der Waals surface area contributed by atoms with E-state index in [2.05, 4.69) is 4.98 Å². The quantitative estimate of drug-likeness (QED) is 0.346. The van der Waals surface area contributed by atoms with Crippen molar-refractivity contribution in [2.24, 2.45) is 0 Å². The molecule has 0 aliphatic carbocycles. The van der Waals surface area contributed by atoms with Gasteiger partial charge in [0.1, 0.15) is 17.3 Å². The van der Waals surface area contributed by atoms with Gasteiger partial charge in [-0.25, -0.2) is 17.8 Å². The fraction of sp³-hybridized carbons (Fsp3) is 0.273. The number of hydrogen-bond donors (Lipinski definition) is 0. The Kier molecular flexibility index (Phi) is 7.57. The lowest BCUT2D eigenvalue weighted by Gasteiger charge is -2.19. The summed E-state index contributed by atoms with van der Waals surface area (Å²) in [6.45, 7) is 0.742. The molecule has 0 spiro atoms. The number of benzene rings is 2.